The lowest BCUT2D eigenvalue weighted by molar-refractivity contribution is 0.197. The van der Waals surface area contributed by atoms with Gasteiger partial charge in [0.05, 0.1) is 24.1 Å². The van der Waals surface area contributed by atoms with Crippen molar-refractivity contribution in [2.24, 2.45) is 0 Å². The van der Waals surface area contributed by atoms with Crippen molar-refractivity contribution >= 4 is 8.32 Å². The molecular weight excluding hydrogens is 242 g/mol. The predicted molar refractivity (Wildman–Crippen MR) is 76.9 cm³/mol. The summed E-state index contributed by atoms with van der Waals surface area (Å²) in [4.78, 5) is 4.40. The number of hydrogen-bond donors (Lipinski definition) is 1. The zero-order valence-electron chi connectivity index (χ0n) is 12.3. The third-order valence-electron chi connectivity index (χ3n) is 3.68. The van der Waals surface area contributed by atoms with Crippen LogP contribution in [0.3, 0.4) is 0 Å². The Labute approximate surface area is 111 Å². The molecule has 0 saturated carbocycles. The molecule has 0 aliphatic carbocycles. The van der Waals surface area contributed by atoms with E-state index in [1.165, 1.54) is 0 Å². The first kappa shape index (κ1) is 15.3. The van der Waals surface area contributed by atoms with E-state index in [-0.39, 0.29) is 17.7 Å². The maximum Gasteiger partial charge on any atom is 0.192 e. The summed E-state index contributed by atoms with van der Waals surface area (Å²) in [5.74, 6) is 0. The summed E-state index contributed by atoms with van der Waals surface area (Å²) in [6, 6.07) is 5.69. The molecule has 1 aromatic rings. The highest BCUT2D eigenvalue weighted by atomic mass is 28.4. The molecule has 0 unspecified atom stereocenters. The molecular formula is C14H25NO2Si. The maximum atomic E-state index is 9.11. The predicted octanol–water partition coefficient (Wildman–Crippen LogP) is 3.66. The molecule has 4 heteroatoms. The van der Waals surface area contributed by atoms with Gasteiger partial charge in [0.15, 0.2) is 8.32 Å². The topological polar surface area (TPSA) is 42.4 Å². The van der Waals surface area contributed by atoms with Crippen molar-refractivity contribution < 1.29 is 9.53 Å². The van der Waals surface area contributed by atoms with E-state index in [0.29, 0.717) is 5.69 Å². The third kappa shape index (κ3) is 3.64. The van der Waals surface area contributed by atoms with Crippen molar-refractivity contribution in [2.45, 2.75) is 58.5 Å². The number of nitrogens with zero attached hydrogens (tertiary/aromatic N) is 1. The van der Waals surface area contributed by atoms with Crippen molar-refractivity contribution in [2.75, 3.05) is 0 Å². The van der Waals surface area contributed by atoms with E-state index in [9.17, 15) is 0 Å². The van der Waals surface area contributed by atoms with Crippen LogP contribution in [0.1, 0.15) is 45.2 Å². The van der Waals surface area contributed by atoms with Gasteiger partial charge in [-0.3, -0.25) is 4.98 Å². The Balaban J connectivity index is 2.85. The summed E-state index contributed by atoms with van der Waals surface area (Å²) < 4.78 is 6.28. The Morgan fingerprint density at radius 1 is 1.33 bits per heavy atom. The number of pyridine rings is 1. The molecule has 18 heavy (non-hydrogen) atoms. The number of hydrogen-bond acceptors (Lipinski definition) is 3. The summed E-state index contributed by atoms with van der Waals surface area (Å²) in [5, 5.41) is 9.30. The van der Waals surface area contributed by atoms with Crippen LogP contribution in [0.15, 0.2) is 18.2 Å². The van der Waals surface area contributed by atoms with Crippen LogP contribution in [0.4, 0.5) is 0 Å². The molecule has 0 amide bonds. The van der Waals surface area contributed by atoms with Gasteiger partial charge in [0.2, 0.25) is 0 Å². The molecule has 0 fully saturated rings. The number of aliphatic hydroxyl groups is 1. The molecule has 0 aliphatic rings. The smallest absolute Gasteiger partial charge is 0.192 e. The number of aromatic nitrogens is 1. The molecule has 0 radical (unpaired) electrons. The first-order chi connectivity index (χ1) is 8.17. The average Bonchev–Trinajstić information content (AvgIpc) is 2.27. The van der Waals surface area contributed by atoms with Crippen molar-refractivity contribution in [3.63, 3.8) is 0 Å². The minimum absolute atomic E-state index is 0.0271. The fourth-order valence-electron chi connectivity index (χ4n) is 1.49. The first-order valence-electron chi connectivity index (χ1n) is 6.42. The Kier molecular flexibility index (Phi) is 4.70. The monoisotopic (exact) mass is 267 g/mol. The lowest BCUT2D eigenvalue weighted by Crippen LogP contribution is -2.41. The fraction of sp³-hybridized carbons (Fsp3) is 0.643. The van der Waals surface area contributed by atoms with E-state index in [2.05, 4.69) is 38.8 Å². The second-order valence-electron chi connectivity index (χ2n) is 6.23. The summed E-state index contributed by atoms with van der Waals surface area (Å²) >= 11 is 0. The minimum Gasteiger partial charge on any atom is -0.409 e. The van der Waals surface area contributed by atoms with E-state index < -0.39 is 8.32 Å². The van der Waals surface area contributed by atoms with Crippen LogP contribution < -0.4 is 0 Å². The Morgan fingerprint density at radius 2 is 1.94 bits per heavy atom. The van der Waals surface area contributed by atoms with Gasteiger partial charge in [-0.15, -0.1) is 0 Å². The highest BCUT2D eigenvalue weighted by Gasteiger charge is 2.38. The largest absolute Gasteiger partial charge is 0.409 e. The Morgan fingerprint density at radius 3 is 2.44 bits per heavy atom. The van der Waals surface area contributed by atoms with Gasteiger partial charge in [0.25, 0.3) is 0 Å². The lowest BCUT2D eigenvalue weighted by Gasteiger charge is -2.38. The minimum atomic E-state index is -1.78. The Bertz CT molecular complexity index is 399. The van der Waals surface area contributed by atoms with Gasteiger partial charge in [-0.1, -0.05) is 26.8 Å². The van der Waals surface area contributed by atoms with E-state index >= 15 is 0 Å². The van der Waals surface area contributed by atoms with Gasteiger partial charge in [0.1, 0.15) is 0 Å². The fourth-order valence-corrected chi connectivity index (χ4v) is 2.85. The molecule has 0 spiro atoms. The van der Waals surface area contributed by atoms with Gasteiger partial charge in [-0.05, 0) is 37.2 Å². The molecule has 102 valence electrons. The van der Waals surface area contributed by atoms with Gasteiger partial charge < -0.3 is 9.53 Å². The molecule has 1 heterocycles. The summed E-state index contributed by atoms with van der Waals surface area (Å²) in [5.41, 5.74) is 1.59. The molecule has 0 aromatic carbocycles. The molecule has 1 aromatic heterocycles. The average molecular weight is 267 g/mol. The van der Waals surface area contributed by atoms with Crippen molar-refractivity contribution in [1.82, 2.24) is 4.98 Å². The quantitative estimate of drug-likeness (QED) is 0.847. The lowest BCUT2D eigenvalue weighted by atomic mass is 10.2. The first-order valence-corrected chi connectivity index (χ1v) is 9.33. The van der Waals surface area contributed by atoms with Crippen LogP contribution in [0.2, 0.25) is 18.1 Å². The third-order valence-corrected chi connectivity index (χ3v) is 8.24. The van der Waals surface area contributed by atoms with Crippen LogP contribution in [0.25, 0.3) is 0 Å². The van der Waals surface area contributed by atoms with Gasteiger partial charge in [-0.2, -0.15) is 0 Å². The second-order valence-corrected chi connectivity index (χ2v) is 11.0. The summed E-state index contributed by atoms with van der Waals surface area (Å²) in [6.45, 7) is 13.2. The number of rotatable bonds is 4. The zero-order valence-corrected chi connectivity index (χ0v) is 13.3. The maximum absolute atomic E-state index is 9.11. The molecule has 0 bridgehead atoms. The molecule has 0 saturated heterocycles. The normalized spacial score (nSPS) is 14.6. The van der Waals surface area contributed by atoms with E-state index in [0.717, 1.165) is 5.69 Å². The Hall–Kier alpha value is -0.713. The molecule has 0 aliphatic heterocycles. The highest BCUT2D eigenvalue weighted by molar-refractivity contribution is 6.74. The van der Waals surface area contributed by atoms with Gasteiger partial charge in [0, 0.05) is 0 Å². The van der Waals surface area contributed by atoms with Crippen LogP contribution in [0.5, 0.6) is 0 Å². The standard InChI is InChI=1S/C14H25NO2Si/c1-11(17-18(5,6)14(2,3)4)13-9-7-8-12(10-16)15-13/h7-9,11,16H,10H2,1-6H3/t11-/m0/s1. The molecule has 3 nitrogen and oxygen atoms in total. The summed E-state index contributed by atoms with van der Waals surface area (Å²) in [7, 11) is -1.78. The van der Waals surface area contributed by atoms with Crippen molar-refractivity contribution in [3.05, 3.63) is 29.6 Å². The van der Waals surface area contributed by atoms with Crippen LogP contribution in [-0.2, 0) is 11.0 Å². The summed E-state index contributed by atoms with van der Waals surface area (Å²) in [6.07, 6.45) is -0.0302. The van der Waals surface area contributed by atoms with Crippen molar-refractivity contribution in [1.29, 1.82) is 0 Å². The van der Waals surface area contributed by atoms with Crippen LogP contribution in [0, 0.1) is 0 Å². The zero-order chi connectivity index (χ0) is 14.0. The van der Waals surface area contributed by atoms with Gasteiger partial charge in [-0.25, -0.2) is 0 Å². The number of aliphatic hydroxyl groups excluding tert-OH is 1. The van der Waals surface area contributed by atoms with E-state index in [1.54, 1.807) is 0 Å². The molecule has 1 rings (SSSR count). The SMILES string of the molecule is C[C@H](O[Si](C)(C)C(C)(C)C)c1cccc(CO)n1. The van der Waals surface area contributed by atoms with Crippen LogP contribution >= 0.6 is 0 Å². The highest BCUT2D eigenvalue weighted by Crippen LogP contribution is 2.39. The second kappa shape index (κ2) is 5.51. The molecule has 1 atom stereocenters. The van der Waals surface area contributed by atoms with E-state index in [1.807, 2.05) is 25.1 Å². The van der Waals surface area contributed by atoms with Crippen LogP contribution in [-0.4, -0.2) is 18.4 Å². The van der Waals surface area contributed by atoms with Crippen molar-refractivity contribution in [3.8, 4) is 0 Å². The van der Waals surface area contributed by atoms with E-state index in [4.69, 9.17) is 9.53 Å². The van der Waals surface area contributed by atoms with Gasteiger partial charge >= 0.3 is 0 Å². The molecule has 1 N–H and O–H groups in total.